The number of halogens is 1. The number of para-hydroxylation sites is 1. The Balaban J connectivity index is 1.36. The van der Waals surface area contributed by atoms with Gasteiger partial charge in [-0.2, -0.15) is 9.38 Å². The van der Waals surface area contributed by atoms with Crippen molar-refractivity contribution in [3.05, 3.63) is 36.3 Å². The van der Waals surface area contributed by atoms with Crippen LogP contribution < -0.4 is 10.6 Å². The van der Waals surface area contributed by atoms with Crippen molar-refractivity contribution in [1.82, 2.24) is 19.5 Å². The second-order valence-electron chi connectivity index (χ2n) is 9.49. The molecule has 0 radical (unpaired) electrons. The zero-order chi connectivity index (χ0) is 24.4. The largest absolute Gasteiger partial charge is 0.351 e. The van der Waals surface area contributed by atoms with Gasteiger partial charge in [-0.3, -0.25) is 4.57 Å². The highest BCUT2D eigenvalue weighted by molar-refractivity contribution is 7.89. The van der Waals surface area contributed by atoms with Gasteiger partial charge in [-0.15, -0.1) is 0 Å². The van der Waals surface area contributed by atoms with Crippen LogP contribution in [-0.4, -0.2) is 46.4 Å². The first-order chi connectivity index (χ1) is 16.9. The molecule has 2 aliphatic carbocycles. The van der Waals surface area contributed by atoms with Crippen molar-refractivity contribution in [3.8, 4) is 0 Å². The van der Waals surface area contributed by atoms with Crippen molar-refractivity contribution in [1.29, 1.82) is 0 Å². The van der Waals surface area contributed by atoms with Crippen molar-refractivity contribution < 1.29 is 12.8 Å². The van der Waals surface area contributed by atoms with E-state index in [1.807, 2.05) is 0 Å². The van der Waals surface area contributed by atoms with E-state index < -0.39 is 10.0 Å². The zero-order valence-corrected chi connectivity index (χ0v) is 20.5. The van der Waals surface area contributed by atoms with Crippen molar-refractivity contribution >= 4 is 45.0 Å². The normalized spacial score (nSPS) is 21.7. The van der Waals surface area contributed by atoms with E-state index in [2.05, 4.69) is 24.6 Å². The zero-order valence-electron chi connectivity index (χ0n) is 19.7. The minimum atomic E-state index is -3.34. The van der Waals surface area contributed by atoms with Crippen molar-refractivity contribution in [2.24, 2.45) is 10.3 Å². The molecule has 2 aromatic heterocycles. The van der Waals surface area contributed by atoms with Crippen LogP contribution in [0.2, 0.25) is 0 Å². The Kier molecular flexibility index (Phi) is 6.68. The molecule has 2 N–H and O–H groups in total. The minimum absolute atomic E-state index is 0.169. The number of imidazole rings is 1. The molecular weight excluding hydrogens is 469 g/mol. The highest BCUT2D eigenvalue weighted by atomic mass is 32.2. The molecule has 5 rings (SSSR count). The van der Waals surface area contributed by atoms with E-state index in [-0.39, 0.29) is 23.8 Å². The summed E-state index contributed by atoms with van der Waals surface area (Å²) in [6.45, 7) is 0. The number of aromatic nitrogens is 4. The van der Waals surface area contributed by atoms with Gasteiger partial charge in [0.15, 0.2) is 5.65 Å². The predicted molar refractivity (Wildman–Crippen MR) is 135 cm³/mol. The SMILES string of the molecule is CS(=O)(=O)/N=C/C1CCC(Nc2ncc3nc(Nc4ccccc4F)n(C4CCCC4)c3n2)CC1. The number of anilines is 3. The highest BCUT2D eigenvalue weighted by Gasteiger charge is 2.26. The molecule has 0 spiro atoms. The van der Waals surface area contributed by atoms with Gasteiger partial charge < -0.3 is 10.6 Å². The first-order valence-electron chi connectivity index (χ1n) is 12.1. The fourth-order valence-corrected chi connectivity index (χ4v) is 5.43. The molecule has 0 bridgehead atoms. The minimum Gasteiger partial charge on any atom is -0.351 e. The molecule has 11 heteroatoms. The Morgan fingerprint density at radius 2 is 1.83 bits per heavy atom. The summed E-state index contributed by atoms with van der Waals surface area (Å²) in [6.07, 6.45) is 12.2. The van der Waals surface area contributed by atoms with Crippen molar-refractivity contribution in [2.75, 3.05) is 16.9 Å². The molecule has 2 heterocycles. The first kappa shape index (κ1) is 23.7. The Morgan fingerprint density at radius 3 is 2.54 bits per heavy atom. The summed E-state index contributed by atoms with van der Waals surface area (Å²) in [5.41, 5.74) is 1.79. The topological polar surface area (TPSA) is 114 Å². The molecule has 0 amide bonds. The number of benzene rings is 1. The lowest BCUT2D eigenvalue weighted by Gasteiger charge is -2.27. The van der Waals surface area contributed by atoms with Crippen LogP contribution in [0.1, 0.15) is 57.4 Å². The van der Waals surface area contributed by atoms with Gasteiger partial charge in [0.05, 0.1) is 18.1 Å². The van der Waals surface area contributed by atoms with Gasteiger partial charge >= 0.3 is 0 Å². The van der Waals surface area contributed by atoms with Gasteiger partial charge in [-0.05, 0) is 56.6 Å². The molecule has 35 heavy (non-hydrogen) atoms. The van der Waals surface area contributed by atoms with Crippen LogP contribution in [0.5, 0.6) is 0 Å². The summed E-state index contributed by atoms with van der Waals surface area (Å²) in [7, 11) is -3.34. The molecule has 0 atom stereocenters. The van der Waals surface area contributed by atoms with E-state index in [1.165, 1.54) is 6.07 Å². The number of rotatable bonds is 7. The number of fused-ring (bicyclic) bond motifs is 1. The molecular formula is C24H30FN7O2S. The average Bonchev–Trinajstić information content (AvgIpc) is 3.47. The Labute approximate surface area is 204 Å². The predicted octanol–water partition coefficient (Wildman–Crippen LogP) is 4.83. The van der Waals surface area contributed by atoms with Crippen LogP contribution >= 0.6 is 0 Å². The molecule has 0 aliphatic heterocycles. The first-order valence-corrected chi connectivity index (χ1v) is 14.0. The summed E-state index contributed by atoms with van der Waals surface area (Å²) in [5.74, 6) is 0.960. The Bertz CT molecular complexity index is 1330. The smallest absolute Gasteiger partial charge is 0.249 e. The number of sulfonamides is 1. The van der Waals surface area contributed by atoms with E-state index in [4.69, 9.17) is 9.97 Å². The average molecular weight is 500 g/mol. The Hall–Kier alpha value is -3.08. The van der Waals surface area contributed by atoms with Crippen molar-refractivity contribution in [3.63, 3.8) is 0 Å². The summed E-state index contributed by atoms with van der Waals surface area (Å²) >= 11 is 0. The Morgan fingerprint density at radius 1 is 1.09 bits per heavy atom. The van der Waals surface area contributed by atoms with Gasteiger partial charge in [0.2, 0.25) is 21.9 Å². The monoisotopic (exact) mass is 499 g/mol. The van der Waals surface area contributed by atoms with Gasteiger partial charge in [-0.1, -0.05) is 25.0 Å². The lowest BCUT2D eigenvalue weighted by Crippen LogP contribution is -2.27. The van der Waals surface area contributed by atoms with Crippen LogP contribution in [0.25, 0.3) is 11.2 Å². The molecule has 0 saturated heterocycles. The molecule has 2 fully saturated rings. The van der Waals surface area contributed by atoms with Crippen LogP contribution in [-0.2, 0) is 10.0 Å². The standard InChI is InChI=1S/C24H30FN7O2S/c1-35(33,34)27-14-16-10-12-17(13-11-16)28-23-26-15-21-22(31-23)32(18-6-2-3-7-18)24(30-21)29-20-9-5-4-8-19(20)25/h4-5,8-9,14-18H,2-3,6-7,10-13H2,1H3,(H,29,30)(H,26,28,31)/b27-14+. The maximum absolute atomic E-state index is 14.3. The van der Waals surface area contributed by atoms with Crippen LogP contribution in [0, 0.1) is 11.7 Å². The number of hydrogen-bond acceptors (Lipinski definition) is 7. The van der Waals surface area contributed by atoms with E-state index in [1.54, 1.807) is 30.6 Å². The molecule has 1 aromatic carbocycles. The molecule has 9 nitrogen and oxygen atoms in total. The van der Waals surface area contributed by atoms with Crippen LogP contribution in [0.3, 0.4) is 0 Å². The van der Waals surface area contributed by atoms with Crippen LogP contribution in [0.4, 0.5) is 22.0 Å². The number of nitrogens with one attached hydrogen (secondary N) is 2. The molecule has 2 aliphatic rings. The lowest BCUT2D eigenvalue weighted by molar-refractivity contribution is 0.411. The summed E-state index contributed by atoms with van der Waals surface area (Å²) in [5, 5.41) is 6.61. The lowest BCUT2D eigenvalue weighted by atomic mass is 9.87. The summed E-state index contributed by atoms with van der Waals surface area (Å²) in [6, 6.07) is 7.03. The third kappa shape index (κ3) is 5.61. The summed E-state index contributed by atoms with van der Waals surface area (Å²) in [4.78, 5) is 14.0. The highest BCUT2D eigenvalue weighted by Crippen LogP contribution is 2.36. The fourth-order valence-electron chi connectivity index (χ4n) is 5.03. The van der Waals surface area contributed by atoms with E-state index in [0.717, 1.165) is 63.3 Å². The van der Waals surface area contributed by atoms with Crippen LogP contribution in [0.15, 0.2) is 34.9 Å². The molecule has 0 unspecified atom stereocenters. The van der Waals surface area contributed by atoms with E-state index in [0.29, 0.717) is 23.1 Å². The second kappa shape index (κ2) is 9.88. The molecule has 186 valence electrons. The van der Waals surface area contributed by atoms with Gasteiger partial charge in [-0.25, -0.2) is 22.8 Å². The fraction of sp³-hybridized carbons (Fsp3) is 0.500. The van der Waals surface area contributed by atoms with Gasteiger partial charge in [0.25, 0.3) is 0 Å². The third-order valence-electron chi connectivity index (χ3n) is 6.81. The van der Waals surface area contributed by atoms with E-state index in [9.17, 15) is 12.8 Å². The third-order valence-corrected chi connectivity index (χ3v) is 7.32. The van der Waals surface area contributed by atoms with Gasteiger partial charge in [0.1, 0.15) is 11.3 Å². The quantitative estimate of drug-likeness (QED) is 0.448. The van der Waals surface area contributed by atoms with Gasteiger partial charge in [0, 0.05) is 18.3 Å². The maximum Gasteiger partial charge on any atom is 0.249 e. The number of nitrogens with zero attached hydrogens (tertiary/aromatic N) is 5. The molecule has 3 aromatic rings. The molecule has 2 saturated carbocycles. The van der Waals surface area contributed by atoms with Crippen molar-refractivity contribution in [2.45, 2.75) is 63.5 Å². The maximum atomic E-state index is 14.3. The van der Waals surface area contributed by atoms with E-state index >= 15 is 0 Å². The second-order valence-corrected chi connectivity index (χ2v) is 11.2. The number of hydrogen-bond donors (Lipinski definition) is 2. The summed E-state index contributed by atoms with van der Waals surface area (Å²) < 4.78 is 42.6.